The van der Waals surface area contributed by atoms with Crippen LogP contribution < -0.4 is 10.2 Å². The second-order valence-electron chi connectivity index (χ2n) is 7.39. The Morgan fingerprint density at radius 3 is 2.70 bits per heavy atom. The third-order valence-electron chi connectivity index (χ3n) is 5.09. The first kappa shape index (κ1) is 21.2. The molecule has 1 fully saturated rings. The van der Waals surface area contributed by atoms with E-state index < -0.39 is 0 Å². The van der Waals surface area contributed by atoms with Crippen LogP contribution in [0.2, 0.25) is 5.02 Å². The Balaban J connectivity index is 1.39. The van der Waals surface area contributed by atoms with Crippen molar-refractivity contribution >= 4 is 52.0 Å². The summed E-state index contributed by atoms with van der Waals surface area (Å²) in [5, 5.41) is 5.78. The number of amides is 1. The van der Waals surface area contributed by atoms with Crippen molar-refractivity contribution in [1.29, 1.82) is 0 Å². The van der Waals surface area contributed by atoms with Crippen molar-refractivity contribution < 1.29 is 4.79 Å². The Bertz CT molecular complexity index is 1010. The predicted molar refractivity (Wildman–Crippen MR) is 129 cm³/mol. The molecule has 0 unspecified atom stereocenters. The smallest absolute Gasteiger partial charge is 0.234 e. The molecule has 7 heteroatoms. The maximum atomic E-state index is 12.6. The summed E-state index contributed by atoms with van der Waals surface area (Å²) in [5.41, 5.74) is 5.00. The molecule has 4 nitrogen and oxygen atoms in total. The number of anilines is 2. The van der Waals surface area contributed by atoms with E-state index in [4.69, 9.17) is 11.6 Å². The highest BCUT2D eigenvalue weighted by molar-refractivity contribution is 8.01. The molecule has 0 spiro atoms. The molecule has 1 aliphatic heterocycles. The molecule has 1 amide bonds. The minimum Gasteiger partial charge on any atom is -0.369 e. The van der Waals surface area contributed by atoms with Crippen LogP contribution >= 0.6 is 34.7 Å². The molecule has 0 atom stereocenters. The molecular weight excluding hydrogens is 434 g/mol. The van der Waals surface area contributed by atoms with Gasteiger partial charge in [0.2, 0.25) is 5.91 Å². The van der Waals surface area contributed by atoms with Crippen molar-refractivity contribution in [3.05, 3.63) is 58.4 Å². The number of para-hydroxylation sites is 1. The second kappa shape index (κ2) is 9.86. The number of hydrogen-bond acceptors (Lipinski definition) is 5. The van der Waals surface area contributed by atoms with Gasteiger partial charge in [-0.15, -0.1) is 11.3 Å². The SMILES string of the molecule is Cc1ccc(-c2csc(SCC(=O)Nc3cccc(Cl)c3N3CCCCC3)n2)cc1. The Hall–Kier alpha value is -2.02. The minimum absolute atomic E-state index is 0.0485. The maximum absolute atomic E-state index is 12.6. The summed E-state index contributed by atoms with van der Waals surface area (Å²) in [4.78, 5) is 19.6. The maximum Gasteiger partial charge on any atom is 0.234 e. The van der Waals surface area contributed by atoms with Crippen molar-refractivity contribution in [3.63, 3.8) is 0 Å². The molecular formula is C23H24ClN3OS2. The average Bonchev–Trinajstić information content (AvgIpc) is 3.23. The number of nitrogens with zero attached hydrogens (tertiary/aromatic N) is 2. The third-order valence-corrected chi connectivity index (χ3v) is 7.42. The molecule has 1 aliphatic rings. The number of thioether (sulfide) groups is 1. The van der Waals surface area contributed by atoms with Crippen LogP contribution in [0.5, 0.6) is 0 Å². The quantitative estimate of drug-likeness (QED) is 0.429. The number of carbonyl (C=O) groups is 1. The number of hydrogen-bond donors (Lipinski definition) is 1. The highest BCUT2D eigenvalue weighted by atomic mass is 35.5. The first-order chi connectivity index (χ1) is 14.6. The number of aryl methyl sites for hydroxylation is 1. The van der Waals surface area contributed by atoms with Crippen LogP contribution in [0.1, 0.15) is 24.8 Å². The van der Waals surface area contributed by atoms with E-state index in [1.807, 2.05) is 23.6 Å². The first-order valence-corrected chi connectivity index (χ1v) is 12.3. The standard InChI is InChI=1S/C23H24ClN3OS2/c1-16-8-10-17(11-9-16)20-14-29-23(26-20)30-15-21(28)25-19-7-5-6-18(24)22(19)27-12-3-2-4-13-27/h5-11,14H,2-4,12-13,15H2,1H3,(H,25,28). The van der Waals surface area contributed by atoms with Crippen LogP contribution in [-0.4, -0.2) is 29.7 Å². The number of carbonyl (C=O) groups excluding carboxylic acids is 1. The summed E-state index contributed by atoms with van der Waals surface area (Å²) in [6.07, 6.45) is 3.56. The van der Waals surface area contributed by atoms with Crippen LogP contribution in [0, 0.1) is 6.92 Å². The number of piperidine rings is 1. The first-order valence-electron chi connectivity index (χ1n) is 10.1. The van der Waals surface area contributed by atoms with Crippen LogP contribution in [0.3, 0.4) is 0 Å². The van der Waals surface area contributed by atoms with Gasteiger partial charge in [-0.3, -0.25) is 4.79 Å². The van der Waals surface area contributed by atoms with E-state index in [9.17, 15) is 4.79 Å². The highest BCUT2D eigenvalue weighted by Crippen LogP contribution is 2.36. The number of rotatable bonds is 6. The molecule has 2 aromatic carbocycles. The van der Waals surface area contributed by atoms with Crippen LogP contribution in [0.4, 0.5) is 11.4 Å². The van der Waals surface area contributed by atoms with E-state index in [0.717, 1.165) is 52.9 Å². The van der Waals surface area contributed by atoms with E-state index >= 15 is 0 Å². The van der Waals surface area contributed by atoms with Gasteiger partial charge >= 0.3 is 0 Å². The van der Waals surface area contributed by atoms with Crippen molar-refractivity contribution in [2.75, 3.05) is 29.1 Å². The molecule has 2 heterocycles. The zero-order valence-electron chi connectivity index (χ0n) is 16.9. The molecule has 0 aliphatic carbocycles. The van der Waals surface area contributed by atoms with Crippen LogP contribution in [-0.2, 0) is 4.79 Å². The molecule has 0 saturated carbocycles. The fourth-order valence-electron chi connectivity index (χ4n) is 3.55. The van der Waals surface area contributed by atoms with Gasteiger partial charge in [-0.05, 0) is 38.3 Å². The van der Waals surface area contributed by atoms with Crippen molar-refractivity contribution in [2.45, 2.75) is 30.5 Å². The summed E-state index contributed by atoms with van der Waals surface area (Å²) in [7, 11) is 0. The van der Waals surface area contributed by atoms with Gasteiger partial charge in [-0.25, -0.2) is 4.98 Å². The van der Waals surface area contributed by atoms with E-state index in [-0.39, 0.29) is 5.91 Å². The number of nitrogens with one attached hydrogen (secondary N) is 1. The fourth-order valence-corrected chi connectivity index (χ4v) is 5.48. The molecule has 1 saturated heterocycles. The lowest BCUT2D eigenvalue weighted by molar-refractivity contribution is -0.113. The van der Waals surface area contributed by atoms with Gasteiger partial charge in [0.25, 0.3) is 0 Å². The van der Waals surface area contributed by atoms with Crippen molar-refractivity contribution in [2.24, 2.45) is 0 Å². The molecule has 30 heavy (non-hydrogen) atoms. The average molecular weight is 458 g/mol. The van der Waals surface area contributed by atoms with Gasteiger partial charge in [-0.1, -0.05) is 59.3 Å². The zero-order valence-corrected chi connectivity index (χ0v) is 19.2. The predicted octanol–water partition coefficient (Wildman–Crippen LogP) is 6.49. The fraction of sp³-hybridized carbons (Fsp3) is 0.304. The van der Waals surface area contributed by atoms with Gasteiger partial charge < -0.3 is 10.2 Å². The van der Waals surface area contributed by atoms with Gasteiger partial charge in [0.15, 0.2) is 4.34 Å². The lowest BCUT2D eigenvalue weighted by Crippen LogP contribution is -2.30. The molecule has 1 N–H and O–H groups in total. The van der Waals surface area contributed by atoms with Gasteiger partial charge in [0.1, 0.15) is 0 Å². The number of aromatic nitrogens is 1. The van der Waals surface area contributed by atoms with Crippen LogP contribution in [0.15, 0.2) is 52.2 Å². The highest BCUT2D eigenvalue weighted by Gasteiger charge is 2.19. The molecule has 0 radical (unpaired) electrons. The summed E-state index contributed by atoms with van der Waals surface area (Å²) in [6.45, 7) is 4.02. The largest absolute Gasteiger partial charge is 0.369 e. The second-order valence-corrected chi connectivity index (χ2v) is 9.87. The topological polar surface area (TPSA) is 45.2 Å². The third kappa shape index (κ3) is 5.17. The molecule has 4 rings (SSSR count). The van der Waals surface area contributed by atoms with E-state index in [1.54, 1.807) is 11.3 Å². The summed E-state index contributed by atoms with van der Waals surface area (Å²) >= 11 is 9.51. The van der Waals surface area contributed by atoms with E-state index in [0.29, 0.717) is 10.8 Å². The molecule has 1 aromatic heterocycles. The normalized spacial score (nSPS) is 14.0. The van der Waals surface area contributed by atoms with Crippen molar-refractivity contribution in [1.82, 2.24) is 4.98 Å². The number of benzene rings is 2. The van der Waals surface area contributed by atoms with E-state index in [2.05, 4.69) is 46.4 Å². The van der Waals surface area contributed by atoms with Gasteiger partial charge in [0, 0.05) is 24.0 Å². The molecule has 3 aromatic rings. The van der Waals surface area contributed by atoms with Crippen molar-refractivity contribution in [3.8, 4) is 11.3 Å². The lowest BCUT2D eigenvalue weighted by atomic mass is 10.1. The monoisotopic (exact) mass is 457 g/mol. The summed E-state index contributed by atoms with van der Waals surface area (Å²) < 4.78 is 0.892. The molecule has 0 bridgehead atoms. The Labute approximate surface area is 190 Å². The Kier molecular flexibility index (Phi) is 6.97. The summed E-state index contributed by atoms with van der Waals surface area (Å²) in [5.74, 6) is 0.264. The minimum atomic E-state index is -0.0485. The van der Waals surface area contributed by atoms with Gasteiger partial charge in [-0.2, -0.15) is 0 Å². The number of thiazole rings is 1. The molecule has 156 valence electrons. The van der Waals surface area contributed by atoms with Crippen LogP contribution in [0.25, 0.3) is 11.3 Å². The van der Waals surface area contributed by atoms with E-state index in [1.165, 1.54) is 23.7 Å². The number of halogens is 1. The lowest BCUT2D eigenvalue weighted by Gasteiger charge is -2.31. The summed E-state index contributed by atoms with van der Waals surface area (Å²) in [6, 6.07) is 14.0. The Morgan fingerprint density at radius 1 is 1.17 bits per heavy atom. The van der Waals surface area contributed by atoms with Gasteiger partial charge in [0.05, 0.1) is 27.8 Å². The Morgan fingerprint density at radius 2 is 1.93 bits per heavy atom. The zero-order chi connectivity index (χ0) is 20.9.